The topological polar surface area (TPSA) is 55.1 Å². The Kier molecular flexibility index (Phi) is 2.72. The van der Waals surface area contributed by atoms with Gasteiger partial charge in [-0.2, -0.15) is 4.98 Å². The van der Waals surface area contributed by atoms with Crippen molar-refractivity contribution in [1.82, 2.24) is 24.9 Å². The van der Waals surface area contributed by atoms with Gasteiger partial charge in [0, 0.05) is 24.6 Å². The van der Waals surface area contributed by atoms with Crippen LogP contribution in [-0.4, -0.2) is 32.7 Å². The third-order valence-electron chi connectivity index (χ3n) is 4.47. The van der Waals surface area contributed by atoms with Crippen molar-refractivity contribution >= 4 is 5.78 Å². The van der Waals surface area contributed by atoms with E-state index >= 15 is 0 Å². The van der Waals surface area contributed by atoms with Gasteiger partial charge in [0.25, 0.3) is 5.78 Å². The highest BCUT2D eigenvalue weighted by atomic mass is 15.3. The van der Waals surface area contributed by atoms with Crippen LogP contribution in [0.5, 0.6) is 0 Å². The zero-order valence-corrected chi connectivity index (χ0v) is 11.0. The lowest BCUT2D eigenvalue weighted by Gasteiger charge is -2.23. The van der Waals surface area contributed by atoms with Crippen LogP contribution in [-0.2, 0) is 0 Å². The first-order valence-corrected chi connectivity index (χ1v) is 7.34. The SMILES string of the molecule is c1cc(C2CCCNC2)n2nc(C3CCC3)nc2n1. The molecular formula is C14H19N5. The van der Waals surface area contributed by atoms with Crippen LogP contribution in [0.2, 0.25) is 0 Å². The van der Waals surface area contributed by atoms with Gasteiger partial charge >= 0.3 is 0 Å². The fourth-order valence-electron chi connectivity index (χ4n) is 3.08. The van der Waals surface area contributed by atoms with E-state index in [2.05, 4.69) is 21.4 Å². The van der Waals surface area contributed by atoms with E-state index in [1.807, 2.05) is 10.7 Å². The highest BCUT2D eigenvalue weighted by Gasteiger charge is 2.25. The summed E-state index contributed by atoms with van der Waals surface area (Å²) in [5.41, 5.74) is 1.26. The summed E-state index contributed by atoms with van der Waals surface area (Å²) in [5, 5.41) is 8.19. The molecule has 19 heavy (non-hydrogen) atoms. The van der Waals surface area contributed by atoms with Crippen molar-refractivity contribution in [1.29, 1.82) is 0 Å². The van der Waals surface area contributed by atoms with Gasteiger partial charge in [-0.3, -0.25) is 0 Å². The Hall–Kier alpha value is -1.49. The molecule has 1 aliphatic carbocycles. The summed E-state index contributed by atoms with van der Waals surface area (Å²) >= 11 is 0. The van der Waals surface area contributed by atoms with Crippen molar-refractivity contribution in [3.05, 3.63) is 23.8 Å². The number of hydrogen-bond donors (Lipinski definition) is 1. The molecule has 1 aliphatic heterocycles. The van der Waals surface area contributed by atoms with E-state index in [-0.39, 0.29) is 0 Å². The first kappa shape index (κ1) is 11.3. The van der Waals surface area contributed by atoms with Gasteiger partial charge < -0.3 is 5.32 Å². The molecule has 4 rings (SSSR count). The molecule has 0 aromatic carbocycles. The summed E-state index contributed by atoms with van der Waals surface area (Å²) < 4.78 is 1.98. The molecular weight excluding hydrogens is 238 g/mol. The van der Waals surface area contributed by atoms with Gasteiger partial charge in [0.1, 0.15) is 0 Å². The maximum Gasteiger partial charge on any atom is 0.252 e. The predicted molar refractivity (Wildman–Crippen MR) is 72.2 cm³/mol. The summed E-state index contributed by atoms with van der Waals surface area (Å²) in [4.78, 5) is 8.98. The highest BCUT2D eigenvalue weighted by molar-refractivity contribution is 5.31. The van der Waals surface area contributed by atoms with Gasteiger partial charge in [0.15, 0.2) is 5.82 Å². The molecule has 1 saturated carbocycles. The van der Waals surface area contributed by atoms with Gasteiger partial charge in [0.2, 0.25) is 0 Å². The quantitative estimate of drug-likeness (QED) is 0.892. The molecule has 2 aliphatic rings. The predicted octanol–water partition coefficient (Wildman–Crippen LogP) is 1.86. The molecule has 1 saturated heterocycles. The average Bonchev–Trinajstić information content (AvgIpc) is 2.80. The zero-order chi connectivity index (χ0) is 12.7. The number of hydrogen-bond acceptors (Lipinski definition) is 4. The minimum atomic E-state index is 0.537. The molecule has 1 N–H and O–H groups in total. The van der Waals surface area contributed by atoms with Crippen molar-refractivity contribution in [2.45, 2.75) is 43.9 Å². The molecule has 2 fully saturated rings. The largest absolute Gasteiger partial charge is 0.316 e. The number of nitrogens with one attached hydrogen (secondary N) is 1. The monoisotopic (exact) mass is 257 g/mol. The maximum atomic E-state index is 4.73. The third-order valence-corrected chi connectivity index (χ3v) is 4.47. The van der Waals surface area contributed by atoms with E-state index < -0.39 is 0 Å². The van der Waals surface area contributed by atoms with Crippen LogP contribution in [0.25, 0.3) is 5.78 Å². The second kappa shape index (κ2) is 4.56. The lowest BCUT2D eigenvalue weighted by molar-refractivity contribution is 0.400. The Bertz CT molecular complexity index is 581. The van der Waals surface area contributed by atoms with Crippen LogP contribution >= 0.6 is 0 Å². The summed E-state index contributed by atoms with van der Waals surface area (Å²) in [7, 11) is 0. The molecule has 5 nitrogen and oxygen atoms in total. The number of piperidine rings is 1. The van der Waals surface area contributed by atoms with E-state index in [0.29, 0.717) is 11.8 Å². The summed E-state index contributed by atoms with van der Waals surface area (Å²) in [6, 6.07) is 2.10. The number of rotatable bonds is 2. The number of aromatic nitrogens is 4. The first-order chi connectivity index (χ1) is 9.42. The third kappa shape index (κ3) is 1.92. The van der Waals surface area contributed by atoms with Crippen LogP contribution in [0.3, 0.4) is 0 Å². The fourth-order valence-corrected chi connectivity index (χ4v) is 3.08. The minimum absolute atomic E-state index is 0.537. The molecule has 5 heteroatoms. The molecule has 1 unspecified atom stereocenters. The van der Waals surface area contributed by atoms with Gasteiger partial charge in [-0.15, -0.1) is 5.10 Å². The van der Waals surface area contributed by atoms with Crippen LogP contribution in [0.15, 0.2) is 12.3 Å². The van der Waals surface area contributed by atoms with E-state index in [9.17, 15) is 0 Å². The van der Waals surface area contributed by atoms with E-state index in [1.165, 1.54) is 37.8 Å². The van der Waals surface area contributed by atoms with Crippen molar-refractivity contribution in [2.75, 3.05) is 13.1 Å². The van der Waals surface area contributed by atoms with Gasteiger partial charge in [-0.05, 0) is 38.3 Å². The maximum absolute atomic E-state index is 4.73. The summed E-state index contributed by atoms with van der Waals surface area (Å²) in [6.45, 7) is 2.17. The van der Waals surface area contributed by atoms with Crippen molar-refractivity contribution < 1.29 is 0 Å². The van der Waals surface area contributed by atoms with E-state index in [1.54, 1.807) is 0 Å². The van der Waals surface area contributed by atoms with E-state index in [4.69, 9.17) is 5.10 Å². The lowest BCUT2D eigenvalue weighted by atomic mass is 9.85. The molecule has 100 valence electrons. The Balaban J connectivity index is 1.74. The Morgan fingerprint density at radius 2 is 2.05 bits per heavy atom. The zero-order valence-electron chi connectivity index (χ0n) is 11.0. The van der Waals surface area contributed by atoms with Gasteiger partial charge in [-0.1, -0.05) is 6.42 Å². The van der Waals surface area contributed by atoms with Crippen molar-refractivity contribution in [2.24, 2.45) is 0 Å². The standard InChI is InChI=1S/C14H19N5/c1-3-10(4-1)13-17-14-16-8-6-12(19(14)18-13)11-5-2-7-15-9-11/h6,8,10-11,15H,1-5,7,9H2. The second-order valence-corrected chi connectivity index (χ2v) is 5.72. The molecule has 0 spiro atoms. The molecule has 3 heterocycles. The van der Waals surface area contributed by atoms with Crippen LogP contribution in [0.1, 0.15) is 55.5 Å². The Labute approximate surface area is 112 Å². The number of nitrogens with zero attached hydrogens (tertiary/aromatic N) is 4. The highest BCUT2D eigenvalue weighted by Crippen LogP contribution is 2.34. The smallest absolute Gasteiger partial charge is 0.252 e. The molecule has 2 aromatic heterocycles. The van der Waals surface area contributed by atoms with Crippen LogP contribution < -0.4 is 5.32 Å². The molecule has 2 aromatic rings. The normalized spacial score (nSPS) is 24.5. The fraction of sp³-hybridized carbons (Fsp3) is 0.643. The van der Waals surface area contributed by atoms with Crippen molar-refractivity contribution in [3.63, 3.8) is 0 Å². The average molecular weight is 257 g/mol. The van der Waals surface area contributed by atoms with E-state index in [0.717, 1.165) is 24.7 Å². The van der Waals surface area contributed by atoms with Crippen molar-refractivity contribution in [3.8, 4) is 0 Å². The summed E-state index contributed by atoms with van der Waals surface area (Å²) in [6.07, 6.45) is 8.11. The molecule has 1 atom stereocenters. The molecule has 0 amide bonds. The first-order valence-electron chi connectivity index (χ1n) is 7.34. The molecule has 0 radical (unpaired) electrons. The number of fused-ring (bicyclic) bond motifs is 1. The Morgan fingerprint density at radius 3 is 2.79 bits per heavy atom. The summed E-state index contributed by atoms with van der Waals surface area (Å²) in [5.74, 6) is 2.87. The minimum Gasteiger partial charge on any atom is -0.316 e. The van der Waals surface area contributed by atoms with Crippen LogP contribution in [0.4, 0.5) is 0 Å². The lowest BCUT2D eigenvalue weighted by Crippen LogP contribution is -2.29. The van der Waals surface area contributed by atoms with Crippen LogP contribution in [0, 0.1) is 0 Å². The van der Waals surface area contributed by atoms with Gasteiger partial charge in [0.05, 0.1) is 5.69 Å². The second-order valence-electron chi connectivity index (χ2n) is 5.72. The molecule has 0 bridgehead atoms. The van der Waals surface area contributed by atoms with Gasteiger partial charge in [-0.25, -0.2) is 9.50 Å². The Morgan fingerprint density at radius 1 is 1.16 bits per heavy atom.